The summed E-state index contributed by atoms with van der Waals surface area (Å²) in [5.41, 5.74) is 7.06. The van der Waals surface area contributed by atoms with Gasteiger partial charge in [0.25, 0.3) is 0 Å². The van der Waals surface area contributed by atoms with Crippen LogP contribution in [0, 0.1) is 20.8 Å². The summed E-state index contributed by atoms with van der Waals surface area (Å²) in [5, 5.41) is 7.78. The van der Waals surface area contributed by atoms with Gasteiger partial charge in [-0.15, -0.1) is 0 Å². The summed E-state index contributed by atoms with van der Waals surface area (Å²) in [7, 11) is 0. The highest BCUT2D eigenvalue weighted by Crippen LogP contribution is 2.28. The lowest BCUT2D eigenvalue weighted by molar-refractivity contribution is -0.115. The SMILES string of the molecule is Cc1cccc(C(C)C)c1NC(=O)Cc1c(C)nn(-c2ccccc2)c1C. The number of amides is 1. The fraction of sp³-hybridized carbons (Fsp3) is 0.304. The van der Waals surface area contributed by atoms with E-state index in [0.29, 0.717) is 12.3 Å². The van der Waals surface area contributed by atoms with Crippen LogP contribution in [0.3, 0.4) is 0 Å². The molecule has 0 unspecified atom stereocenters. The molecule has 0 atom stereocenters. The van der Waals surface area contributed by atoms with E-state index in [1.54, 1.807) is 0 Å². The topological polar surface area (TPSA) is 46.9 Å². The summed E-state index contributed by atoms with van der Waals surface area (Å²) in [6, 6.07) is 16.2. The molecule has 1 amide bonds. The molecule has 0 fully saturated rings. The van der Waals surface area contributed by atoms with Gasteiger partial charge in [0, 0.05) is 16.9 Å². The Hall–Kier alpha value is -2.88. The van der Waals surface area contributed by atoms with Crippen molar-refractivity contribution in [2.75, 3.05) is 5.32 Å². The van der Waals surface area contributed by atoms with Crippen LogP contribution in [0.1, 0.15) is 47.8 Å². The van der Waals surface area contributed by atoms with E-state index in [1.807, 2.05) is 67.9 Å². The van der Waals surface area contributed by atoms with Crippen molar-refractivity contribution < 1.29 is 4.79 Å². The highest BCUT2D eigenvalue weighted by atomic mass is 16.1. The Morgan fingerprint density at radius 3 is 2.41 bits per heavy atom. The number of hydrogen-bond acceptors (Lipinski definition) is 2. The van der Waals surface area contributed by atoms with Crippen LogP contribution < -0.4 is 5.32 Å². The molecular formula is C23H27N3O. The number of nitrogens with zero attached hydrogens (tertiary/aromatic N) is 2. The molecule has 0 aliphatic carbocycles. The Labute approximate surface area is 161 Å². The summed E-state index contributed by atoms with van der Waals surface area (Å²) in [5.74, 6) is 0.342. The maximum absolute atomic E-state index is 12.8. The van der Waals surface area contributed by atoms with Crippen LogP contribution in [0.5, 0.6) is 0 Å². The highest BCUT2D eigenvalue weighted by Gasteiger charge is 2.18. The quantitative estimate of drug-likeness (QED) is 0.687. The minimum Gasteiger partial charge on any atom is -0.325 e. The fourth-order valence-electron chi connectivity index (χ4n) is 3.44. The molecule has 0 saturated heterocycles. The van der Waals surface area contributed by atoms with Gasteiger partial charge in [0.2, 0.25) is 5.91 Å². The molecular weight excluding hydrogens is 334 g/mol. The first kappa shape index (κ1) is 18.9. The van der Waals surface area contributed by atoms with E-state index in [9.17, 15) is 4.79 Å². The van der Waals surface area contributed by atoms with E-state index in [1.165, 1.54) is 0 Å². The second-order valence-corrected chi connectivity index (χ2v) is 7.32. The van der Waals surface area contributed by atoms with Crippen LogP contribution in [0.4, 0.5) is 5.69 Å². The van der Waals surface area contributed by atoms with Gasteiger partial charge in [0.1, 0.15) is 0 Å². The van der Waals surface area contributed by atoms with Gasteiger partial charge in [-0.05, 0) is 49.9 Å². The molecule has 4 heteroatoms. The maximum atomic E-state index is 12.8. The first-order valence-electron chi connectivity index (χ1n) is 9.38. The third-order valence-corrected chi connectivity index (χ3v) is 4.97. The number of anilines is 1. The van der Waals surface area contributed by atoms with Crippen molar-refractivity contribution in [1.82, 2.24) is 9.78 Å². The lowest BCUT2D eigenvalue weighted by atomic mass is 9.98. The van der Waals surface area contributed by atoms with Crippen molar-refractivity contribution in [3.05, 3.63) is 76.6 Å². The monoisotopic (exact) mass is 361 g/mol. The number of rotatable bonds is 5. The zero-order valence-electron chi connectivity index (χ0n) is 16.7. The van der Waals surface area contributed by atoms with Crippen molar-refractivity contribution in [2.24, 2.45) is 0 Å². The van der Waals surface area contributed by atoms with Gasteiger partial charge in [0.15, 0.2) is 0 Å². The van der Waals surface area contributed by atoms with E-state index < -0.39 is 0 Å². The summed E-state index contributed by atoms with van der Waals surface area (Å²) in [6.45, 7) is 10.3. The van der Waals surface area contributed by atoms with Crippen LogP contribution in [-0.4, -0.2) is 15.7 Å². The Balaban J connectivity index is 1.85. The highest BCUT2D eigenvalue weighted by molar-refractivity contribution is 5.94. The minimum absolute atomic E-state index is 0.00925. The lowest BCUT2D eigenvalue weighted by Crippen LogP contribution is -2.17. The Morgan fingerprint density at radius 1 is 1.04 bits per heavy atom. The van der Waals surface area contributed by atoms with Gasteiger partial charge in [-0.25, -0.2) is 4.68 Å². The number of aryl methyl sites for hydroxylation is 2. The normalized spacial score (nSPS) is 11.0. The summed E-state index contributed by atoms with van der Waals surface area (Å²) >= 11 is 0. The smallest absolute Gasteiger partial charge is 0.228 e. The lowest BCUT2D eigenvalue weighted by Gasteiger charge is -2.16. The van der Waals surface area contributed by atoms with Crippen molar-refractivity contribution in [3.63, 3.8) is 0 Å². The molecule has 3 rings (SSSR count). The first-order valence-corrected chi connectivity index (χ1v) is 9.38. The molecule has 0 spiro atoms. The number of benzene rings is 2. The molecule has 0 bridgehead atoms. The van der Waals surface area contributed by atoms with Gasteiger partial charge in [-0.2, -0.15) is 5.10 Å². The zero-order valence-corrected chi connectivity index (χ0v) is 16.7. The molecule has 3 aromatic rings. The number of para-hydroxylation sites is 2. The molecule has 1 aromatic heterocycles. The second-order valence-electron chi connectivity index (χ2n) is 7.32. The number of aromatic nitrogens is 2. The number of carbonyl (C=O) groups excluding carboxylic acids is 1. The molecule has 0 radical (unpaired) electrons. The molecule has 2 aromatic carbocycles. The van der Waals surface area contributed by atoms with E-state index >= 15 is 0 Å². The average Bonchev–Trinajstić information content (AvgIpc) is 2.92. The fourth-order valence-corrected chi connectivity index (χ4v) is 3.44. The van der Waals surface area contributed by atoms with Gasteiger partial charge in [-0.3, -0.25) is 4.79 Å². The first-order chi connectivity index (χ1) is 12.9. The third kappa shape index (κ3) is 3.95. The van der Waals surface area contributed by atoms with E-state index in [-0.39, 0.29) is 5.91 Å². The molecule has 1 heterocycles. The Bertz CT molecular complexity index is 955. The molecule has 0 aliphatic rings. The van der Waals surface area contributed by atoms with Crippen LogP contribution in [-0.2, 0) is 11.2 Å². The van der Waals surface area contributed by atoms with E-state index in [2.05, 4.69) is 30.3 Å². The molecule has 140 valence electrons. The predicted octanol–water partition coefficient (Wildman–Crippen LogP) is 5.10. The summed E-state index contributed by atoms with van der Waals surface area (Å²) in [6.07, 6.45) is 0.316. The molecule has 4 nitrogen and oxygen atoms in total. The van der Waals surface area contributed by atoms with Gasteiger partial charge in [-0.1, -0.05) is 50.2 Å². The summed E-state index contributed by atoms with van der Waals surface area (Å²) in [4.78, 5) is 12.8. The largest absolute Gasteiger partial charge is 0.325 e. The van der Waals surface area contributed by atoms with Crippen molar-refractivity contribution in [3.8, 4) is 5.69 Å². The van der Waals surface area contributed by atoms with Crippen molar-refractivity contribution in [2.45, 2.75) is 47.0 Å². The van der Waals surface area contributed by atoms with E-state index in [4.69, 9.17) is 0 Å². The summed E-state index contributed by atoms with van der Waals surface area (Å²) < 4.78 is 1.91. The Kier molecular flexibility index (Phi) is 5.45. The molecule has 27 heavy (non-hydrogen) atoms. The second kappa shape index (κ2) is 7.78. The number of hydrogen-bond donors (Lipinski definition) is 1. The van der Waals surface area contributed by atoms with Gasteiger partial charge >= 0.3 is 0 Å². The van der Waals surface area contributed by atoms with Gasteiger partial charge < -0.3 is 5.32 Å². The van der Waals surface area contributed by atoms with Gasteiger partial charge in [0.05, 0.1) is 17.8 Å². The Morgan fingerprint density at radius 2 is 1.74 bits per heavy atom. The van der Waals surface area contributed by atoms with Crippen molar-refractivity contribution in [1.29, 1.82) is 0 Å². The number of nitrogens with one attached hydrogen (secondary N) is 1. The van der Waals surface area contributed by atoms with E-state index in [0.717, 1.165) is 39.5 Å². The predicted molar refractivity (Wildman–Crippen MR) is 111 cm³/mol. The van der Waals surface area contributed by atoms with Crippen LogP contribution in [0.15, 0.2) is 48.5 Å². The molecule has 0 aliphatic heterocycles. The third-order valence-electron chi connectivity index (χ3n) is 4.97. The standard InChI is InChI=1S/C23H27N3O/c1-15(2)20-13-9-10-16(3)23(20)24-22(27)14-21-17(4)25-26(18(21)5)19-11-7-6-8-12-19/h6-13,15H,14H2,1-5H3,(H,24,27). The van der Waals surface area contributed by atoms with Crippen LogP contribution in [0.25, 0.3) is 5.69 Å². The maximum Gasteiger partial charge on any atom is 0.228 e. The van der Waals surface area contributed by atoms with Crippen molar-refractivity contribution >= 4 is 11.6 Å². The zero-order chi connectivity index (χ0) is 19.6. The van der Waals surface area contributed by atoms with Crippen LogP contribution >= 0.6 is 0 Å². The van der Waals surface area contributed by atoms with Crippen LogP contribution in [0.2, 0.25) is 0 Å². The molecule has 1 N–H and O–H groups in total. The number of carbonyl (C=O) groups is 1. The average molecular weight is 361 g/mol. The minimum atomic E-state index is -0.00925. The molecule has 0 saturated carbocycles.